The van der Waals surface area contributed by atoms with Crippen molar-refractivity contribution in [3.8, 4) is 0 Å². The number of halogens is 4. The fraction of sp³-hybridized carbons (Fsp3) is 0.222. The molecule has 0 aliphatic rings. The van der Waals surface area contributed by atoms with E-state index in [1.807, 2.05) is 32.9 Å². The maximum Gasteiger partial charge on any atom is 0.151 e. The van der Waals surface area contributed by atoms with E-state index in [1.54, 1.807) is 30.5 Å². The zero-order valence-corrected chi connectivity index (χ0v) is 19.8. The Morgan fingerprint density at radius 2 is 1.42 bits per heavy atom. The van der Waals surface area contributed by atoms with Gasteiger partial charge in [0, 0.05) is 26.3 Å². The number of carbonyl (C=O) groups excluding carboxylic acids is 1. The third-order valence-corrected chi connectivity index (χ3v) is 5.85. The van der Waals surface area contributed by atoms with Crippen molar-refractivity contribution in [2.75, 3.05) is 0 Å². The number of aldehydes is 1. The van der Waals surface area contributed by atoms with E-state index in [9.17, 15) is 9.00 Å². The molecule has 0 heterocycles. The molecule has 0 amide bonds. The van der Waals surface area contributed by atoms with Crippen LogP contribution in [0.2, 0.25) is 10.0 Å². The number of benzene rings is 2. The predicted molar refractivity (Wildman–Crippen MR) is 119 cm³/mol. The molecular formula is C18H17Br2Cl2NO2S. The second-order valence-electron chi connectivity index (χ2n) is 6.05. The highest BCUT2D eigenvalue weighted by atomic mass is 79.9. The Morgan fingerprint density at radius 3 is 1.81 bits per heavy atom. The van der Waals surface area contributed by atoms with Crippen LogP contribution < -0.4 is 0 Å². The highest BCUT2D eigenvalue weighted by Crippen LogP contribution is 2.21. The monoisotopic (exact) mass is 539 g/mol. The first kappa shape index (κ1) is 23.5. The van der Waals surface area contributed by atoms with E-state index in [4.69, 9.17) is 23.2 Å². The fourth-order valence-corrected chi connectivity index (χ4v) is 3.43. The standard InChI is InChI=1S/C11H13BrClNOS.C7H4BrClO/c1-11(2,3)16(15)14-7-8-4-5-9(12)6-10(8)13;8-6-2-1-5(4-10)7(9)3-6/h4-7H,1-3H3;1-4H/t16-;/m1./s1. The van der Waals surface area contributed by atoms with Crippen LogP contribution in [0.3, 0.4) is 0 Å². The molecule has 26 heavy (non-hydrogen) atoms. The van der Waals surface area contributed by atoms with Crippen molar-refractivity contribution in [2.45, 2.75) is 25.5 Å². The van der Waals surface area contributed by atoms with Crippen molar-refractivity contribution in [1.29, 1.82) is 0 Å². The molecule has 0 aliphatic carbocycles. The lowest BCUT2D eigenvalue weighted by Gasteiger charge is -2.12. The van der Waals surface area contributed by atoms with E-state index in [-0.39, 0.29) is 4.75 Å². The van der Waals surface area contributed by atoms with Gasteiger partial charge in [-0.15, -0.1) is 0 Å². The first-order valence-electron chi connectivity index (χ1n) is 7.36. The van der Waals surface area contributed by atoms with E-state index in [1.165, 1.54) is 0 Å². The molecule has 0 bridgehead atoms. The van der Waals surface area contributed by atoms with E-state index in [2.05, 4.69) is 36.3 Å². The van der Waals surface area contributed by atoms with Crippen molar-refractivity contribution >= 4 is 78.5 Å². The van der Waals surface area contributed by atoms with Crippen LogP contribution in [0, 0.1) is 0 Å². The lowest BCUT2D eigenvalue weighted by molar-refractivity contribution is 0.112. The molecule has 0 spiro atoms. The largest absolute Gasteiger partial charge is 0.298 e. The molecule has 2 aromatic carbocycles. The van der Waals surface area contributed by atoms with Gasteiger partial charge in [0.1, 0.15) is 11.0 Å². The number of rotatable bonds is 3. The SMILES string of the molecule is CC(C)(C)[S@@](=O)N=Cc1ccc(Br)cc1Cl.O=Cc1ccc(Br)cc1Cl. The van der Waals surface area contributed by atoms with Gasteiger partial charge in [-0.25, -0.2) is 4.21 Å². The van der Waals surface area contributed by atoms with Gasteiger partial charge in [-0.2, -0.15) is 4.40 Å². The molecule has 2 rings (SSSR count). The molecule has 0 saturated heterocycles. The molecule has 0 aliphatic heterocycles. The molecule has 2 aromatic rings. The summed E-state index contributed by atoms with van der Waals surface area (Å²) in [6.07, 6.45) is 2.28. The lowest BCUT2D eigenvalue weighted by Crippen LogP contribution is -2.19. The summed E-state index contributed by atoms with van der Waals surface area (Å²) in [5.41, 5.74) is 1.28. The quantitative estimate of drug-likeness (QED) is 0.313. The van der Waals surface area contributed by atoms with Crippen LogP contribution in [0.1, 0.15) is 36.7 Å². The van der Waals surface area contributed by atoms with Crippen molar-refractivity contribution in [2.24, 2.45) is 4.40 Å². The minimum Gasteiger partial charge on any atom is -0.298 e. The molecule has 8 heteroatoms. The van der Waals surface area contributed by atoms with Crippen molar-refractivity contribution in [3.05, 3.63) is 66.5 Å². The average molecular weight is 542 g/mol. The minimum absolute atomic E-state index is 0.349. The average Bonchev–Trinajstić information content (AvgIpc) is 2.53. The van der Waals surface area contributed by atoms with Gasteiger partial charge in [0.2, 0.25) is 0 Å². The summed E-state index contributed by atoms with van der Waals surface area (Å²) in [6, 6.07) is 10.6. The summed E-state index contributed by atoms with van der Waals surface area (Å²) in [5.74, 6) is 0. The van der Waals surface area contributed by atoms with Crippen molar-refractivity contribution < 1.29 is 9.00 Å². The van der Waals surface area contributed by atoms with E-state index in [0.717, 1.165) is 20.8 Å². The molecule has 140 valence electrons. The Labute approximate surface area is 183 Å². The van der Waals surface area contributed by atoms with Crippen LogP contribution in [0.5, 0.6) is 0 Å². The van der Waals surface area contributed by atoms with Gasteiger partial charge in [-0.1, -0.05) is 61.1 Å². The predicted octanol–water partition coefficient (Wildman–Crippen LogP) is 6.90. The van der Waals surface area contributed by atoms with E-state index in [0.29, 0.717) is 15.6 Å². The van der Waals surface area contributed by atoms with Gasteiger partial charge in [-0.3, -0.25) is 4.79 Å². The smallest absolute Gasteiger partial charge is 0.151 e. The van der Waals surface area contributed by atoms with E-state index < -0.39 is 11.0 Å². The van der Waals surface area contributed by atoms with Crippen LogP contribution >= 0.6 is 55.1 Å². The highest BCUT2D eigenvalue weighted by Gasteiger charge is 2.18. The second kappa shape index (κ2) is 10.7. The molecular weight excluding hydrogens is 525 g/mol. The number of nitrogens with zero attached hydrogens (tertiary/aromatic N) is 1. The summed E-state index contributed by atoms with van der Waals surface area (Å²) >= 11 is 18.2. The van der Waals surface area contributed by atoms with Gasteiger partial charge in [0.25, 0.3) is 0 Å². The van der Waals surface area contributed by atoms with Crippen LogP contribution in [0.4, 0.5) is 0 Å². The molecule has 1 atom stereocenters. The molecule has 0 saturated carbocycles. The molecule has 3 nitrogen and oxygen atoms in total. The third-order valence-electron chi connectivity index (χ3n) is 2.86. The Kier molecular flexibility index (Phi) is 9.69. The normalized spacial score (nSPS) is 12.4. The Bertz CT molecular complexity index is 836. The van der Waals surface area contributed by atoms with Crippen molar-refractivity contribution in [3.63, 3.8) is 0 Å². The Morgan fingerprint density at radius 1 is 0.962 bits per heavy atom. The number of hydrogen-bond acceptors (Lipinski definition) is 2. The zero-order chi connectivity index (χ0) is 19.9. The minimum atomic E-state index is -1.25. The van der Waals surface area contributed by atoms with Gasteiger partial charge >= 0.3 is 0 Å². The third kappa shape index (κ3) is 8.01. The topological polar surface area (TPSA) is 46.5 Å². The Balaban J connectivity index is 0.000000289. The summed E-state index contributed by atoms with van der Waals surface area (Å²) in [5, 5.41) is 1.06. The van der Waals surface area contributed by atoms with Crippen LogP contribution in [0.15, 0.2) is 49.7 Å². The summed E-state index contributed by atoms with van der Waals surface area (Å²) in [4.78, 5) is 10.2. The first-order chi connectivity index (χ1) is 12.0. The first-order valence-corrected chi connectivity index (χ1v) is 10.8. The lowest BCUT2D eigenvalue weighted by atomic mass is 10.2. The van der Waals surface area contributed by atoms with Crippen LogP contribution in [-0.2, 0) is 11.0 Å². The molecule has 0 unspecified atom stereocenters. The molecule has 0 N–H and O–H groups in total. The Hall–Kier alpha value is -0.530. The molecule has 0 aromatic heterocycles. The summed E-state index contributed by atoms with van der Waals surface area (Å²) < 4.78 is 17.1. The van der Waals surface area contributed by atoms with Gasteiger partial charge in [-0.05, 0) is 51.1 Å². The summed E-state index contributed by atoms with van der Waals surface area (Å²) in [7, 11) is -1.25. The van der Waals surface area contributed by atoms with Crippen LogP contribution in [0.25, 0.3) is 0 Å². The fourth-order valence-electron chi connectivity index (χ4n) is 1.47. The van der Waals surface area contributed by atoms with Crippen molar-refractivity contribution in [1.82, 2.24) is 0 Å². The van der Waals surface area contributed by atoms with Gasteiger partial charge < -0.3 is 0 Å². The van der Waals surface area contributed by atoms with Gasteiger partial charge in [0.15, 0.2) is 6.29 Å². The second-order valence-corrected chi connectivity index (χ2v) is 10.6. The maximum atomic E-state index is 11.7. The number of carbonyl (C=O) groups is 1. The maximum absolute atomic E-state index is 11.7. The molecule has 0 fully saturated rings. The highest BCUT2D eigenvalue weighted by molar-refractivity contribution is 9.10. The zero-order valence-electron chi connectivity index (χ0n) is 14.3. The van der Waals surface area contributed by atoms with E-state index >= 15 is 0 Å². The van der Waals surface area contributed by atoms with Gasteiger partial charge in [0.05, 0.1) is 14.8 Å². The van der Waals surface area contributed by atoms with Crippen LogP contribution in [-0.4, -0.2) is 21.5 Å². The number of hydrogen-bond donors (Lipinski definition) is 0. The molecule has 0 radical (unpaired) electrons. The summed E-state index contributed by atoms with van der Waals surface area (Å²) in [6.45, 7) is 5.64.